The van der Waals surface area contributed by atoms with Crippen molar-refractivity contribution in [2.24, 2.45) is 5.41 Å². The van der Waals surface area contributed by atoms with Crippen LogP contribution in [0, 0.1) is 5.41 Å². The largest absolute Gasteiger partial charge is 0.302 e. The summed E-state index contributed by atoms with van der Waals surface area (Å²) in [6.07, 6.45) is 8.36. The van der Waals surface area contributed by atoms with Crippen LogP contribution in [0.25, 0.3) is 0 Å². The van der Waals surface area contributed by atoms with E-state index in [1.165, 1.54) is 50.6 Å². The quantitative estimate of drug-likeness (QED) is 0.617. The zero-order valence-electron chi connectivity index (χ0n) is 11.4. The highest BCUT2D eigenvalue weighted by Gasteiger charge is 2.30. The van der Waals surface area contributed by atoms with Crippen molar-refractivity contribution in [2.75, 3.05) is 19.3 Å². The maximum atomic E-state index is 4.66. The summed E-state index contributed by atoms with van der Waals surface area (Å²) in [5.74, 6) is 1.04. The predicted molar refractivity (Wildman–Crippen MR) is 84.6 cm³/mol. The molecule has 18 heavy (non-hydrogen) atoms. The summed E-state index contributed by atoms with van der Waals surface area (Å²) in [5, 5.41) is 4.43. The number of rotatable bonds is 5. The van der Waals surface area contributed by atoms with E-state index >= 15 is 0 Å². The lowest BCUT2D eigenvalue weighted by Gasteiger charge is -2.35. The van der Waals surface area contributed by atoms with Gasteiger partial charge in [0.1, 0.15) is 0 Å². The van der Waals surface area contributed by atoms with Gasteiger partial charge in [0.2, 0.25) is 0 Å². The second-order valence-corrected chi connectivity index (χ2v) is 6.97. The van der Waals surface area contributed by atoms with Crippen LogP contribution in [-0.4, -0.2) is 24.2 Å². The third kappa shape index (κ3) is 4.01. The molecule has 3 heteroatoms. The average molecular weight is 284 g/mol. The van der Waals surface area contributed by atoms with Crippen LogP contribution >= 0.6 is 24.0 Å². The molecule has 2 rings (SSSR count). The van der Waals surface area contributed by atoms with Crippen molar-refractivity contribution in [3.63, 3.8) is 0 Å². The topological polar surface area (TPSA) is 3.24 Å². The summed E-state index contributed by atoms with van der Waals surface area (Å²) < 4.78 is 0. The molecule has 1 aromatic heterocycles. The molecule has 102 valence electrons. The first-order valence-electron chi connectivity index (χ1n) is 7.05. The Morgan fingerprint density at radius 2 is 2.00 bits per heavy atom. The Balaban J connectivity index is 1.91. The third-order valence-electron chi connectivity index (χ3n) is 4.14. The van der Waals surface area contributed by atoms with Crippen molar-refractivity contribution in [2.45, 2.75) is 45.1 Å². The first kappa shape index (κ1) is 14.4. The molecule has 0 saturated heterocycles. The van der Waals surface area contributed by atoms with Crippen LogP contribution in [0.3, 0.4) is 0 Å². The lowest BCUT2D eigenvalue weighted by atomic mass is 9.81. The van der Waals surface area contributed by atoms with E-state index in [4.69, 9.17) is 0 Å². The van der Waals surface area contributed by atoms with Crippen LogP contribution in [-0.2, 0) is 6.54 Å². The van der Waals surface area contributed by atoms with Gasteiger partial charge in [0.05, 0.1) is 0 Å². The highest BCUT2D eigenvalue weighted by Crippen LogP contribution is 2.36. The predicted octanol–water partition coefficient (Wildman–Crippen LogP) is 4.45. The van der Waals surface area contributed by atoms with Gasteiger partial charge in [0.25, 0.3) is 0 Å². The maximum Gasteiger partial charge on any atom is 0.0239 e. The number of hydrogen-bond donors (Lipinski definition) is 1. The molecule has 1 saturated carbocycles. The van der Waals surface area contributed by atoms with Gasteiger partial charge in [-0.3, -0.25) is 0 Å². The Labute approximate surface area is 121 Å². The van der Waals surface area contributed by atoms with Crippen LogP contribution in [0.2, 0.25) is 0 Å². The molecule has 0 spiro atoms. The Kier molecular flexibility index (Phi) is 5.58. The second-order valence-electron chi connectivity index (χ2n) is 5.88. The fourth-order valence-corrected chi connectivity index (χ4v) is 4.24. The fraction of sp³-hybridized carbons (Fsp3) is 0.733. The summed E-state index contributed by atoms with van der Waals surface area (Å²) in [5.41, 5.74) is 1.91. The highest BCUT2D eigenvalue weighted by atomic mass is 32.1. The number of hydrogen-bond acceptors (Lipinski definition) is 3. The molecule has 0 radical (unpaired) electrons. The Morgan fingerprint density at radius 3 is 2.56 bits per heavy atom. The molecular weight excluding hydrogens is 258 g/mol. The van der Waals surface area contributed by atoms with E-state index in [1.54, 1.807) is 11.3 Å². The van der Waals surface area contributed by atoms with Crippen LogP contribution < -0.4 is 0 Å². The third-order valence-corrected chi connectivity index (χ3v) is 5.54. The minimum atomic E-state index is 0.463. The van der Waals surface area contributed by atoms with Gasteiger partial charge in [-0.05, 0) is 53.4 Å². The molecule has 1 aliphatic rings. The highest BCUT2D eigenvalue weighted by molar-refractivity contribution is 7.80. The summed E-state index contributed by atoms with van der Waals surface area (Å²) in [4.78, 5) is 2.49. The standard InChI is InChI=1S/C15H25NS2/c1-16(10-14-6-9-18-11-14)12-15(13-17)7-4-2-3-5-8-15/h6,9,11,17H,2-5,7-8,10,12-13H2,1H3. The lowest BCUT2D eigenvalue weighted by Crippen LogP contribution is -2.36. The van der Waals surface area contributed by atoms with Crippen molar-refractivity contribution in [1.29, 1.82) is 0 Å². The molecule has 1 fully saturated rings. The van der Waals surface area contributed by atoms with Gasteiger partial charge < -0.3 is 4.90 Å². The van der Waals surface area contributed by atoms with E-state index in [-0.39, 0.29) is 0 Å². The van der Waals surface area contributed by atoms with Gasteiger partial charge >= 0.3 is 0 Å². The monoisotopic (exact) mass is 283 g/mol. The smallest absolute Gasteiger partial charge is 0.0239 e. The normalized spacial score (nSPS) is 19.9. The van der Waals surface area contributed by atoms with Crippen molar-refractivity contribution >= 4 is 24.0 Å². The van der Waals surface area contributed by atoms with Gasteiger partial charge in [-0.1, -0.05) is 25.7 Å². The summed E-state index contributed by atoms with van der Waals surface area (Å²) in [6, 6.07) is 2.24. The van der Waals surface area contributed by atoms with Gasteiger partial charge in [-0.25, -0.2) is 0 Å². The van der Waals surface area contributed by atoms with E-state index < -0.39 is 0 Å². The number of nitrogens with zero attached hydrogens (tertiary/aromatic N) is 1. The van der Waals surface area contributed by atoms with Crippen molar-refractivity contribution in [1.82, 2.24) is 4.90 Å². The molecule has 0 bridgehead atoms. The van der Waals surface area contributed by atoms with Gasteiger partial charge in [0.15, 0.2) is 0 Å². The van der Waals surface area contributed by atoms with Crippen molar-refractivity contribution in [3.05, 3.63) is 22.4 Å². The van der Waals surface area contributed by atoms with Crippen LogP contribution in [0.4, 0.5) is 0 Å². The number of thiophene rings is 1. The molecule has 0 unspecified atom stereocenters. The molecule has 0 aromatic carbocycles. The Bertz CT molecular complexity index is 326. The molecule has 1 aromatic rings. The molecule has 0 N–H and O–H groups in total. The van der Waals surface area contributed by atoms with Gasteiger partial charge in [-0.2, -0.15) is 24.0 Å². The Hall–Kier alpha value is 0.01000. The van der Waals surface area contributed by atoms with Gasteiger partial charge in [-0.15, -0.1) is 0 Å². The molecule has 0 atom stereocenters. The van der Waals surface area contributed by atoms with Crippen LogP contribution in [0.15, 0.2) is 16.8 Å². The van der Waals surface area contributed by atoms with Crippen LogP contribution in [0.5, 0.6) is 0 Å². The molecule has 0 aliphatic heterocycles. The zero-order chi connectivity index (χ0) is 12.8. The SMILES string of the molecule is CN(Cc1ccsc1)CC1(CS)CCCCCC1. The van der Waals surface area contributed by atoms with E-state index in [9.17, 15) is 0 Å². The minimum absolute atomic E-state index is 0.463. The Morgan fingerprint density at radius 1 is 1.28 bits per heavy atom. The van der Waals surface area contributed by atoms with E-state index in [0.717, 1.165) is 12.3 Å². The van der Waals surface area contributed by atoms with Crippen molar-refractivity contribution in [3.8, 4) is 0 Å². The van der Waals surface area contributed by atoms with E-state index in [0.29, 0.717) is 5.41 Å². The average Bonchev–Trinajstić information content (AvgIpc) is 2.74. The van der Waals surface area contributed by atoms with E-state index in [2.05, 4.69) is 41.4 Å². The molecular formula is C15H25NS2. The van der Waals surface area contributed by atoms with E-state index in [1.807, 2.05) is 0 Å². The number of thiol groups is 1. The molecule has 1 heterocycles. The van der Waals surface area contributed by atoms with Crippen molar-refractivity contribution < 1.29 is 0 Å². The minimum Gasteiger partial charge on any atom is -0.302 e. The fourth-order valence-electron chi connectivity index (χ4n) is 3.17. The second kappa shape index (κ2) is 6.97. The molecule has 1 aliphatic carbocycles. The lowest BCUT2D eigenvalue weighted by molar-refractivity contribution is 0.170. The molecule has 0 amide bonds. The summed E-state index contributed by atoms with van der Waals surface area (Å²) in [6.45, 7) is 2.28. The van der Waals surface area contributed by atoms with Crippen LogP contribution in [0.1, 0.15) is 44.1 Å². The first-order chi connectivity index (χ1) is 8.74. The van der Waals surface area contributed by atoms with Gasteiger partial charge in [0, 0.05) is 13.1 Å². The zero-order valence-corrected chi connectivity index (χ0v) is 13.1. The summed E-state index contributed by atoms with van der Waals surface area (Å²) in [7, 11) is 2.26. The summed E-state index contributed by atoms with van der Waals surface area (Å²) >= 11 is 6.46. The molecule has 1 nitrogen and oxygen atoms in total. The first-order valence-corrected chi connectivity index (χ1v) is 8.62. The maximum absolute atomic E-state index is 4.66.